The van der Waals surface area contributed by atoms with Crippen LogP contribution in [-0.2, 0) is 6.54 Å². The van der Waals surface area contributed by atoms with Gasteiger partial charge in [-0.15, -0.1) is 0 Å². The molecule has 1 amide bonds. The fourth-order valence-corrected chi connectivity index (χ4v) is 1.58. The quantitative estimate of drug-likeness (QED) is 0.899. The van der Waals surface area contributed by atoms with Gasteiger partial charge in [-0.25, -0.2) is 4.39 Å². The van der Waals surface area contributed by atoms with Crippen molar-refractivity contribution < 1.29 is 13.7 Å². The van der Waals surface area contributed by atoms with Crippen LogP contribution >= 0.6 is 0 Å². The summed E-state index contributed by atoms with van der Waals surface area (Å²) in [5, 5.41) is 6.39. The zero-order valence-corrected chi connectivity index (χ0v) is 10.0. The zero-order chi connectivity index (χ0) is 13.1. The molecule has 0 saturated heterocycles. The molecule has 0 bridgehead atoms. The van der Waals surface area contributed by atoms with Crippen molar-refractivity contribution >= 4 is 5.91 Å². The monoisotopic (exact) mass is 249 g/mol. The molecule has 0 saturated carbocycles. The first-order valence-electron chi connectivity index (χ1n) is 5.39. The Morgan fingerprint density at radius 3 is 2.89 bits per heavy atom. The number of rotatable bonds is 3. The van der Waals surface area contributed by atoms with Crippen molar-refractivity contribution in [3.63, 3.8) is 0 Å². The van der Waals surface area contributed by atoms with Crippen molar-refractivity contribution in [3.05, 3.63) is 46.9 Å². The van der Waals surface area contributed by atoms with Crippen molar-refractivity contribution in [3.8, 4) is 0 Å². The van der Waals surface area contributed by atoms with E-state index in [1.54, 1.807) is 13.8 Å². The van der Waals surface area contributed by atoms with Gasteiger partial charge in [-0.05, 0) is 19.9 Å². The van der Waals surface area contributed by atoms with Crippen LogP contribution in [0.5, 0.6) is 0 Å². The highest BCUT2D eigenvalue weighted by atomic mass is 19.1. The third kappa shape index (κ3) is 2.37. The number of amides is 1. The maximum absolute atomic E-state index is 13.3. The average Bonchev–Trinajstić information content (AvgIpc) is 2.67. The van der Waals surface area contributed by atoms with E-state index in [2.05, 4.69) is 15.5 Å². The Morgan fingerprint density at radius 1 is 1.50 bits per heavy atom. The summed E-state index contributed by atoms with van der Waals surface area (Å²) in [5.74, 6) is -0.494. The lowest BCUT2D eigenvalue weighted by molar-refractivity contribution is 0.0946. The van der Waals surface area contributed by atoms with Crippen molar-refractivity contribution in [2.75, 3.05) is 0 Å². The minimum absolute atomic E-state index is 0.0308. The van der Waals surface area contributed by atoms with Crippen molar-refractivity contribution in [2.24, 2.45) is 0 Å². The SMILES string of the molecule is Cc1noc(C)c1CNC(=O)c1ccncc1F. The molecule has 0 aromatic carbocycles. The first-order valence-corrected chi connectivity index (χ1v) is 5.39. The largest absolute Gasteiger partial charge is 0.361 e. The molecule has 2 aromatic heterocycles. The summed E-state index contributed by atoms with van der Waals surface area (Å²) in [7, 11) is 0. The summed E-state index contributed by atoms with van der Waals surface area (Å²) in [5.41, 5.74) is 1.48. The predicted molar refractivity (Wildman–Crippen MR) is 61.3 cm³/mol. The molecular weight excluding hydrogens is 237 g/mol. The minimum atomic E-state index is -0.645. The summed E-state index contributed by atoms with van der Waals surface area (Å²) < 4.78 is 18.3. The fraction of sp³-hybridized carbons (Fsp3) is 0.250. The van der Waals surface area contributed by atoms with Crippen LogP contribution < -0.4 is 5.32 Å². The highest BCUT2D eigenvalue weighted by Crippen LogP contribution is 2.12. The first-order chi connectivity index (χ1) is 8.59. The highest BCUT2D eigenvalue weighted by Gasteiger charge is 2.13. The number of aromatic nitrogens is 2. The van der Waals surface area contributed by atoms with E-state index in [-0.39, 0.29) is 12.1 Å². The molecule has 94 valence electrons. The second kappa shape index (κ2) is 4.95. The summed E-state index contributed by atoms with van der Waals surface area (Å²) in [4.78, 5) is 15.3. The summed E-state index contributed by atoms with van der Waals surface area (Å²) in [6, 6.07) is 1.33. The number of nitrogens with one attached hydrogen (secondary N) is 1. The Kier molecular flexibility index (Phi) is 3.36. The minimum Gasteiger partial charge on any atom is -0.361 e. The van der Waals surface area contributed by atoms with Gasteiger partial charge >= 0.3 is 0 Å². The van der Waals surface area contributed by atoms with Gasteiger partial charge < -0.3 is 9.84 Å². The second-order valence-corrected chi connectivity index (χ2v) is 3.84. The highest BCUT2D eigenvalue weighted by molar-refractivity contribution is 5.94. The third-order valence-electron chi connectivity index (χ3n) is 2.62. The van der Waals surface area contributed by atoms with Crippen LogP contribution in [0.15, 0.2) is 23.0 Å². The lowest BCUT2D eigenvalue weighted by atomic mass is 10.2. The maximum Gasteiger partial charge on any atom is 0.254 e. The van der Waals surface area contributed by atoms with Crippen LogP contribution in [0.2, 0.25) is 0 Å². The number of halogens is 1. The van der Waals surface area contributed by atoms with Crippen LogP contribution in [0.1, 0.15) is 27.4 Å². The van der Waals surface area contributed by atoms with Gasteiger partial charge in [-0.3, -0.25) is 9.78 Å². The van der Waals surface area contributed by atoms with E-state index in [0.29, 0.717) is 11.5 Å². The molecule has 0 aliphatic carbocycles. The van der Waals surface area contributed by atoms with Crippen LogP contribution in [0.3, 0.4) is 0 Å². The van der Waals surface area contributed by atoms with Crippen molar-refractivity contribution in [2.45, 2.75) is 20.4 Å². The van der Waals surface area contributed by atoms with Crippen LogP contribution in [0.4, 0.5) is 4.39 Å². The molecule has 2 rings (SSSR count). The molecule has 0 aliphatic rings. The Morgan fingerprint density at radius 2 is 2.28 bits per heavy atom. The molecular formula is C12H12FN3O2. The van der Waals surface area contributed by atoms with Gasteiger partial charge in [0, 0.05) is 18.3 Å². The first kappa shape index (κ1) is 12.2. The molecule has 0 atom stereocenters. The number of carbonyl (C=O) groups excluding carboxylic acids is 1. The second-order valence-electron chi connectivity index (χ2n) is 3.84. The molecule has 0 unspecified atom stereocenters. The van der Waals surface area contributed by atoms with Gasteiger partial charge in [0.1, 0.15) is 5.76 Å². The van der Waals surface area contributed by atoms with E-state index < -0.39 is 11.7 Å². The zero-order valence-electron chi connectivity index (χ0n) is 10.0. The molecule has 18 heavy (non-hydrogen) atoms. The molecule has 0 aliphatic heterocycles. The normalized spacial score (nSPS) is 10.4. The van der Waals surface area contributed by atoms with Gasteiger partial charge in [0.05, 0.1) is 17.5 Å². The fourth-order valence-electron chi connectivity index (χ4n) is 1.58. The number of pyridine rings is 1. The van der Waals surface area contributed by atoms with E-state index in [9.17, 15) is 9.18 Å². The molecule has 2 heterocycles. The van der Waals surface area contributed by atoms with Crippen LogP contribution in [0, 0.1) is 19.7 Å². The van der Waals surface area contributed by atoms with Crippen molar-refractivity contribution in [1.82, 2.24) is 15.5 Å². The molecule has 0 spiro atoms. The van der Waals surface area contributed by atoms with Gasteiger partial charge in [-0.2, -0.15) is 0 Å². The van der Waals surface area contributed by atoms with Gasteiger partial charge in [0.25, 0.3) is 5.91 Å². The van der Waals surface area contributed by atoms with Crippen molar-refractivity contribution in [1.29, 1.82) is 0 Å². The average molecular weight is 249 g/mol. The van der Waals surface area contributed by atoms with Crippen LogP contribution in [-0.4, -0.2) is 16.0 Å². The van der Waals surface area contributed by atoms with Gasteiger partial charge in [-0.1, -0.05) is 5.16 Å². The van der Waals surface area contributed by atoms with E-state index in [1.165, 1.54) is 12.3 Å². The molecule has 5 nitrogen and oxygen atoms in total. The van der Waals surface area contributed by atoms with E-state index >= 15 is 0 Å². The van der Waals surface area contributed by atoms with Crippen LogP contribution in [0.25, 0.3) is 0 Å². The Balaban J connectivity index is 2.08. The standard InChI is InChI=1S/C12H12FN3O2/c1-7-10(8(2)18-16-7)5-15-12(17)9-3-4-14-6-11(9)13/h3-4,6H,5H2,1-2H3,(H,15,17). The summed E-state index contributed by atoms with van der Waals surface area (Å²) >= 11 is 0. The Hall–Kier alpha value is -2.24. The summed E-state index contributed by atoms with van der Waals surface area (Å²) in [6.07, 6.45) is 2.37. The lowest BCUT2D eigenvalue weighted by Gasteiger charge is -2.05. The lowest BCUT2D eigenvalue weighted by Crippen LogP contribution is -2.24. The third-order valence-corrected chi connectivity index (χ3v) is 2.62. The molecule has 6 heteroatoms. The number of nitrogens with zero attached hydrogens (tertiary/aromatic N) is 2. The number of hydrogen-bond acceptors (Lipinski definition) is 4. The van der Waals surface area contributed by atoms with E-state index in [4.69, 9.17) is 4.52 Å². The van der Waals surface area contributed by atoms with Gasteiger partial charge in [0.15, 0.2) is 5.82 Å². The predicted octanol–water partition coefficient (Wildman–Crippen LogP) is 1.76. The smallest absolute Gasteiger partial charge is 0.254 e. The Labute approximate surface area is 103 Å². The molecule has 0 fully saturated rings. The topological polar surface area (TPSA) is 68.0 Å². The summed E-state index contributed by atoms with van der Waals surface area (Å²) in [6.45, 7) is 3.79. The molecule has 2 aromatic rings. The van der Waals surface area contributed by atoms with E-state index in [0.717, 1.165) is 11.8 Å². The van der Waals surface area contributed by atoms with E-state index in [1.807, 2.05) is 0 Å². The van der Waals surface area contributed by atoms with Gasteiger partial charge in [0.2, 0.25) is 0 Å². The maximum atomic E-state index is 13.3. The number of hydrogen-bond donors (Lipinski definition) is 1. The number of carbonyl (C=O) groups is 1. The molecule has 0 radical (unpaired) electrons. The Bertz CT molecular complexity index is 561. The molecule has 1 N–H and O–H groups in total. The number of aryl methyl sites for hydroxylation is 2.